The summed E-state index contributed by atoms with van der Waals surface area (Å²) < 4.78 is 5.27. The van der Waals surface area contributed by atoms with Crippen LogP contribution in [0.1, 0.15) is 48.1 Å². The van der Waals surface area contributed by atoms with Crippen molar-refractivity contribution in [3.05, 3.63) is 64.7 Å². The number of amides is 1. The molecular formula is C21H27NO2. The van der Waals surface area contributed by atoms with Gasteiger partial charge in [-0.05, 0) is 49.4 Å². The lowest BCUT2D eigenvalue weighted by atomic mass is 10.0. The Kier molecular flexibility index (Phi) is 6.42. The van der Waals surface area contributed by atoms with Crippen LogP contribution in [0.25, 0.3) is 0 Å². The second-order valence-corrected chi connectivity index (χ2v) is 6.24. The maximum absolute atomic E-state index is 12.3. The van der Waals surface area contributed by atoms with Crippen LogP contribution in [-0.4, -0.2) is 13.0 Å². The minimum absolute atomic E-state index is 0.0794. The van der Waals surface area contributed by atoms with Crippen molar-refractivity contribution in [3.8, 4) is 5.75 Å². The van der Waals surface area contributed by atoms with E-state index in [0.29, 0.717) is 6.42 Å². The monoisotopic (exact) mass is 325 g/mol. The van der Waals surface area contributed by atoms with E-state index in [1.54, 1.807) is 7.11 Å². The van der Waals surface area contributed by atoms with E-state index in [1.165, 1.54) is 5.56 Å². The molecule has 1 unspecified atom stereocenters. The molecule has 0 heterocycles. The predicted octanol–water partition coefficient (Wildman–Crippen LogP) is 4.51. The first-order valence-corrected chi connectivity index (χ1v) is 8.53. The van der Waals surface area contributed by atoms with Crippen molar-refractivity contribution in [2.45, 2.75) is 46.1 Å². The van der Waals surface area contributed by atoms with Crippen molar-refractivity contribution in [1.29, 1.82) is 0 Å². The van der Waals surface area contributed by atoms with Crippen LogP contribution in [-0.2, 0) is 11.2 Å². The van der Waals surface area contributed by atoms with E-state index in [0.717, 1.165) is 35.3 Å². The Morgan fingerprint density at radius 2 is 1.83 bits per heavy atom. The smallest absolute Gasteiger partial charge is 0.220 e. The van der Waals surface area contributed by atoms with Gasteiger partial charge in [0.2, 0.25) is 5.91 Å². The lowest BCUT2D eigenvalue weighted by molar-refractivity contribution is -0.121. The Balaban J connectivity index is 1.92. The maximum atomic E-state index is 12.3. The molecule has 3 nitrogen and oxygen atoms in total. The number of aryl methyl sites for hydroxylation is 3. The standard InChI is InChI=1S/C21H27NO2/c1-5-19(18-10-6-15(2)7-11-18)22-21(23)13-9-17-8-12-20(24-4)16(3)14-17/h6-8,10-12,14,19H,5,9,13H2,1-4H3,(H,22,23). The summed E-state index contributed by atoms with van der Waals surface area (Å²) in [5, 5.41) is 3.15. The molecule has 1 amide bonds. The Morgan fingerprint density at radius 3 is 2.42 bits per heavy atom. The van der Waals surface area contributed by atoms with Crippen molar-refractivity contribution < 1.29 is 9.53 Å². The van der Waals surface area contributed by atoms with Gasteiger partial charge in [0, 0.05) is 6.42 Å². The van der Waals surface area contributed by atoms with Gasteiger partial charge >= 0.3 is 0 Å². The van der Waals surface area contributed by atoms with Gasteiger partial charge in [0.25, 0.3) is 0 Å². The summed E-state index contributed by atoms with van der Waals surface area (Å²) >= 11 is 0. The average molecular weight is 325 g/mol. The highest BCUT2D eigenvalue weighted by Gasteiger charge is 2.12. The summed E-state index contributed by atoms with van der Waals surface area (Å²) in [7, 11) is 1.67. The normalized spacial score (nSPS) is 11.8. The van der Waals surface area contributed by atoms with E-state index in [9.17, 15) is 4.79 Å². The molecule has 0 bridgehead atoms. The molecule has 24 heavy (non-hydrogen) atoms. The fourth-order valence-electron chi connectivity index (χ4n) is 2.84. The van der Waals surface area contributed by atoms with Gasteiger partial charge in [-0.25, -0.2) is 0 Å². The van der Waals surface area contributed by atoms with Gasteiger partial charge in [0.15, 0.2) is 0 Å². The zero-order chi connectivity index (χ0) is 17.5. The zero-order valence-corrected chi connectivity index (χ0v) is 15.1. The molecule has 3 heteroatoms. The lowest BCUT2D eigenvalue weighted by Gasteiger charge is -2.18. The fraction of sp³-hybridized carbons (Fsp3) is 0.381. The van der Waals surface area contributed by atoms with Crippen molar-refractivity contribution in [1.82, 2.24) is 5.32 Å². The highest BCUT2D eigenvalue weighted by Crippen LogP contribution is 2.20. The minimum atomic E-state index is 0.0794. The maximum Gasteiger partial charge on any atom is 0.220 e. The summed E-state index contributed by atoms with van der Waals surface area (Å²) in [4.78, 5) is 12.3. The third kappa shape index (κ3) is 4.85. The third-order valence-corrected chi connectivity index (χ3v) is 4.32. The number of hydrogen-bond acceptors (Lipinski definition) is 2. The van der Waals surface area contributed by atoms with Gasteiger partial charge in [0.05, 0.1) is 13.2 Å². The van der Waals surface area contributed by atoms with E-state index in [-0.39, 0.29) is 11.9 Å². The summed E-state index contributed by atoms with van der Waals surface area (Å²) in [6.45, 7) is 6.19. The van der Waals surface area contributed by atoms with Crippen LogP contribution >= 0.6 is 0 Å². The highest BCUT2D eigenvalue weighted by atomic mass is 16.5. The molecule has 0 aromatic heterocycles. The Hall–Kier alpha value is -2.29. The van der Waals surface area contributed by atoms with Crippen molar-refractivity contribution in [3.63, 3.8) is 0 Å². The second kappa shape index (κ2) is 8.53. The summed E-state index contributed by atoms with van der Waals surface area (Å²) in [5.74, 6) is 0.976. The Labute approximate surface area is 145 Å². The summed E-state index contributed by atoms with van der Waals surface area (Å²) in [5.41, 5.74) is 4.65. The molecule has 2 rings (SSSR count). The van der Waals surface area contributed by atoms with E-state index in [4.69, 9.17) is 4.74 Å². The molecule has 0 aliphatic rings. The number of ether oxygens (including phenoxy) is 1. The van der Waals surface area contributed by atoms with E-state index < -0.39 is 0 Å². The SMILES string of the molecule is CCC(NC(=O)CCc1ccc(OC)c(C)c1)c1ccc(C)cc1. The Bertz CT molecular complexity index is 677. The van der Waals surface area contributed by atoms with Gasteiger partial charge in [-0.3, -0.25) is 4.79 Å². The molecular weight excluding hydrogens is 298 g/mol. The third-order valence-electron chi connectivity index (χ3n) is 4.32. The second-order valence-electron chi connectivity index (χ2n) is 6.24. The predicted molar refractivity (Wildman–Crippen MR) is 98.4 cm³/mol. The van der Waals surface area contributed by atoms with Crippen LogP contribution in [0.2, 0.25) is 0 Å². The largest absolute Gasteiger partial charge is 0.496 e. The molecule has 0 saturated heterocycles. The molecule has 0 aliphatic carbocycles. The van der Waals surface area contributed by atoms with Gasteiger partial charge in [-0.15, -0.1) is 0 Å². The number of rotatable bonds is 7. The number of hydrogen-bond donors (Lipinski definition) is 1. The van der Waals surface area contributed by atoms with Crippen LogP contribution < -0.4 is 10.1 Å². The van der Waals surface area contributed by atoms with Crippen LogP contribution in [0.5, 0.6) is 5.75 Å². The van der Waals surface area contributed by atoms with Gasteiger partial charge in [-0.1, -0.05) is 48.9 Å². The van der Waals surface area contributed by atoms with Crippen molar-refractivity contribution in [2.75, 3.05) is 7.11 Å². The number of methoxy groups -OCH3 is 1. The first-order chi connectivity index (χ1) is 11.5. The molecule has 2 aromatic carbocycles. The molecule has 0 aliphatic heterocycles. The quantitative estimate of drug-likeness (QED) is 0.813. The molecule has 1 atom stereocenters. The topological polar surface area (TPSA) is 38.3 Å². The molecule has 1 N–H and O–H groups in total. The van der Waals surface area contributed by atoms with E-state index >= 15 is 0 Å². The number of carbonyl (C=O) groups is 1. The molecule has 0 saturated carbocycles. The molecule has 0 spiro atoms. The van der Waals surface area contributed by atoms with Gasteiger partial charge in [-0.2, -0.15) is 0 Å². The van der Waals surface area contributed by atoms with E-state index in [2.05, 4.69) is 49.5 Å². The average Bonchev–Trinajstić information content (AvgIpc) is 2.59. The summed E-state index contributed by atoms with van der Waals surface area (Å²) in [6, 6.07) is 14.5. The van der Waals surface area contributed by atoms with Crippen LogP contribution in [0.3, 0.4) is 0 Å². The molecule has 0 fully saturated rings. The van der Waals surface area contributed by atoms with Crippen LogP contribution in [0.4, 0.5) is 0 Å². The highest BCUT2D eigenvalue weighted by molar-refractivity contribution is 5.76. The number of nitrogens with one attached hydrogen (secondary N) is 1. The first kappa shape index (κ1) is 18.1. The molecule has 0 radical (unpaired) electrons. The van der Waals surface area contributed by atoms with E-state index in [1.807, 2.05) is 19.1 Å². The Morgan fingerprint density at radius 1 is 1.12 bits per heavy atom. The fourth-order valence-corrected chi connectivity index (χ4v) is 2.84. The first-order valence-electron chi connectivity index (χ1n) is 8.53. The number of carbonyl (C=O) groups excluding carboxylic acids is 1. The van der Waals surface area contributed by atoms with Crippen molar-refractivity contribution >= 4 is 5.91 Å². The van der Waals surface area contributed by atoms with Gasteiger partial charge in [0.1, 0.15) is 5.75 Å². The van der Waals surface area contributed by atoms with Crippen molar-refractivity contribution in [2.24, 2.45) is 0 Å². The van der Waals surface area contributed by atoms with Gasteiger partial charge < -0.3 is 10.1 Å². The summed E-state index contributed by atoms with van der Waals surface area (Å²) in [6.07, 6.45) is 2.12. The van der Waals surface area contributed by atoms with Crippen LogP contribution in [0.15, 0.2) is 42.5 Å². The van der Waals surface area contributed by atoms with Crippen LogP contribution in [0, 0.1) is 13.8 Å². The molecule has 2 aromatic rings. The lowest BCUT2D eigenvalue weighted by Crippen LogP contribution is -2.28. The molecule has 128 valence electrons. The zero-order valence-electron chi connectivity index (χ0n) is 15.1. The minimum Gasteiger partial charge on any atom is -0.496 e. The number of benzene rings is 2.